The summed E-state index contributed by atoms with van der Waals surface area (Å²) < 4.78 is 1.96. The summed E-state index contributed by atoms with van der Waals surface area (Å²) in [5, 5.41) is 7.83. The zero-order valence-electron chi connectivity index (χ0n) is 14.6. The van der Waals surface area contributed by atoms with E-state index in [2.05, 4.69) is 34.1 Å². The third-order valence-electron chi connectivity index (χ3n) is 5.41. The van der Waals surface area contributed by atoms with Crippen molar-refractivity contribution in [3.63, 3.8) is 0 Å². The number of amides is 1. The molecule has 0 bridgehead atoms. The van der Waals surface area contributed by atoms with Gasteiger partial charge in [-0.1, -0.05) is 0 Å². The Balaban J connectivity index is 1.53. The summed E-state index contributed by atoms with van der Waals surface area (Å²) >= 11 is 0. The highest BCUT2D eigenvalue weighted by Gasteiger charge is 2.28. The van der Waals surface area contributed by atoms with E-state index in [4.69, 9.17) is 0 Å². The third-order valence-corrected chi connectivity index (χ3v) is 5.41. The van der Waals surface area contributed by atoms with Crippen LogP contribution in [-0.4, -0.2) is 64.8 Å². The molecule has 3 rings (SSSR count). The van der Waals surface area contributed by atoms with Crippen LogP contribution in [0.5, 0.6) is 0 Å². The molecule has 23 heavy (non-hydrogen) atoms. The maximum Gasteiger partial charge on any atom is 0.225 e. The zero-order valence-corrected chi connectivity index (χ0v) is 14.6. The van der Waals surface area contributed by atoms with Gasteiger partial charge in [0, 0.05) is 56.9 Å². The van der Waals surface area contributed by atoms with Crippen LogP contribution in [0.4, 0.5) is 0 Å². The molecular formula is C17H29N5O. The smallest absolute Gasteiger partial charge is 0.225 e. The topological polar surface area (TPSA) is 53.4 Å². The molecule has 1 amide bonds. The van der Waals surface area contributed by atoms with Crippen LogP contribution in [-0.2, 0) is 18.4 Å². The lowest BCUT2D eigenvalue weighted by atomic mass is 9.96. The number of hydrogen-bond acceptors (Lipinski definition) is 4. The first-order valence-electron chi connectivity index (χ1n) is 8.77. The molecule has 128 valence electrons. The molecule has 2 aliphatic rings. The van der Waals surface area contributed by atoms with Crippen LogP contribution < -0.4 is 5.32 Å². The second-order valence-corrected chi connectivity index (χ2v) is 6.90. The van der Waals surface area contributed by atoms with Crippen molar-refractivity contribution in [1.29, 1.82) is 0 Å². The van der Waals surface area contributed by atoms with Gasteiger partial charge in [0.2, 0.25) is 5.91 Å². The molecular weight excluding hydrogens is 290 g/mol. The highest BCUT2D eigenvalue weighted by molar-refractivity contribution is 5.79. The predicted molar refractivity (Wildman–Crippen MR) is 90.1 cm³/mol. The van der Waals surface area contributed by atoms with Crippen molar-refractivity contribution in [2.75, 3.05) is 39.3 Å². The quantitative estimate of drug-likeness (QED) is 0.890. The maximum atomic E-state index is 12.6. The van der Waals surface area contributed by atoms with Gasteiger partial charge in [-0.05, 0) is 39.8 Å². The van der Waals surface area contributed by atoms with Gasteiger partial charge in [-0.2, -0.15) is 5.10 Å². The summed E-state index contributed by atoms with van der Waals surface area (Å²) in [6.07, 6.45) is 1.99. The van der Waals surface area contributed by atoms with Gasteiger partial charge in [0.15, 0.2) is 0 Å². The molecule has 0 saturated carbocycles. The number of nitrogens with one attached hydrogen (secondary N) is 1. The van der Waals surface area contributed by atoms with Crippen molar-refractivity contribution in [3.05, 3.63) is 17.0 Å². The molecule has 1 N–H and O–H groups in total. The van der Waals surface area contributed by atoms with E-state index in [-0.39, 0.29) is 5.92 Å². The van der Waals surface area contributed by atoms with Gasteiger partial charge in [0.1, 0.15) is 0 Å². The number of nitrogens with zero attached hydrogens (tertiary/aromatic N) is 4. The predicted octanol–water partition coefficient (Wildman–Crippen LogP) is 0.681. The summed E-state index contributed by atoms with van der Waals surface area (Å²) in [6, 6.07) is 0. The second-order valence-electron chi connectivity index (χ2n) is 6.90. The molecule has 1 aromatic heterocycles. The highest BCUT2D eigenvalue weighted by atomic mass is 16.2. The number of piperazine rings is 1. The molecule has 2 saturated heterocycles. The Morgan fingerprint density at radius 1 is 1.17 bits per heavy atom. The molecule has 3 heterocycles. The molecule has 0 aliphatic carbocycles. The Kier molecular flexibility index (Phi) is 5.02. The fraction of sp³-hybridized carbons (Fsp3) is 0.765. The first kappa shape index (κ1) is 16.5. The van der Waals surface area contributed by atoms with Crippen LogP contribution >= 0.6 is 0 Å². The first-order chi connectivity index (χ1) is 11.1. The average molecular weight is 319 g/mol. The van der Waals surface area contributed by atoms with Crippen molar-refractivity contribution in [3.8, 4) is 0 Å². The van der Waals surface area contributed by atoms with Crippen LogP contribution in [0.15, 0.2) is 0 Å². The third kappa shape index (κ3) is 3.58. The molecule has 2 fully saturated rings. The SMILES string of the molecule is Cc1nn(C)c(C)c1CN1CCN(C(=O)C2CCNCC2)CC1. The fourth-order valence-electron chi connectivity index (χ4n) is 3.72. The minimum atomic E-state index is 0.241. The normalized spacial score (nSPS) is 20.9. The second kappa shape index (κ2) is 7.01. The molecule has 0 aromatic carbocycles. The van der Waals surface area contributed by atoms with Crippen LogP contribution in [0.2, 0.25) is 0 Å². The van der Waals surface area contributed by atoms with Crippen molar-refractivity contribution in [1.82, 2.24) is 24.9 Å². The summed E-state index contributed by atoms with van der Waals surface area (Å²) in [5.74, 6) is 0.616. The average Bonchev–Trinajstić information content (AvgIpc) is 2.82. The zero-order chi connectivity index (χ0) is 16.4. The molecule has 2 aliphatic heterocycles. The van der Waals surface area contributed by atoms with Crippen LogP contribution in [0.25, 0.3) is 0 Å². The Bertz CT molecular complexity index is 554. The Labute approximate surface area is 138 Å². The van der Waals surface area contributed by atoms with Crippen LogP contribution in [0.3, 0.4) is 0 Å². The number of carbonyl (C=O) groups is 1. The molecule has 1 aromatic rings. The van der Waals surface area contributed by atoms with Crippen molar-refractivity contribution in [2.24, 2.45) is 13.0 Å². The number of carbonyl (C=O) groups excluding carboxylic acids is 1. The summed E-state index contributed by atoms with van der Waals surface area (Å²) in [5.41, 5.74) is 3.71. The number of hydrogen-bond donors (Lipinski definition) is 1. The molecule has 0 spiro atoms. The van der Waals surface area contributed by atoms with Crippen molar-refractivity contribution in [2.45, 2.75) is 33.2 Å². The lowest BCUT2D eigenvalue weighted by Gasteiger charge is -2.37. The number of piperidine rings is 1. The Hall–Kier alpha value is -1.40. The van der Waals surface area contributed by atoms with E-state index in [9.17, 15) is 4.79 Å². The largest absolute Gasteiger partial charge is 0.340 e. The molecule has 6 nitrogen and oxygen atoms in total. The minimum absolute atomic E-state index is 0.241. The number of aryl methyl sites for hydroxylation is 2. The van der Waals surface area contributed by atoms with Gasteiger partial charge in [-0.3, -0.25) is 14.4 Å². The number of aromatic nitrogens is 2. The summed E-state index contributed by atoms with van der Waals surface area (Å²) in [4.78, 5) is 17.1. The van der Waals surface area contributed by atoms with Crippen LogP contribution in [0, 0.1) is 19.8 Å². The van der Waals surface area contributed by atoms with Gasteiger partial charge in [0.25, 0.3) is 0 Å². The van der Waals surface area contributed by atoms with E-state index >= 15 is 0 Å². The van der Waals surface area contributed by atoms with Crippen molar-refractivity contribution >= 4 is 5.91 Å². The Morgan fingerprint density at radius 3 is 2.39 bits per heavy atom. The van der Waals surface area contributed by atoms with Gasteiger partial charge in [-0.15, -0.1) is 0 Å². The maximum absolute atomic E-state index is 12.6. The molecule has 0 unspecified atom stereocenters. The summed E-state index contributed by atoms with van der Waals surface area (Å²) in [6.45, 7) is 10.8. The van der Waals surface area contributed by atoms with Gasteiger partial charge >= 0.3 is 0 Å². The van der Waals surface area contributed by atoms with E-state index in [0.29, 0.717) is 5.91 Å². The summed E-state index contributed by atoms with van der Waals surface area (Å²) in [7, 11) is 2.00. The monoisotopic (exact) mass is 319 g/mol. The molecule has 6 heteroatoms. The highest BCUT2D eigenvalue weighted by Crippen LogP contribution is 2.19. The van der Waals surface area contributed by atoms with E-state index in [1.165, 1.54) is 11.3 Å². The van der Waals surface area contributed by atoms with Gasteiger partial charge in [-0.25, -0.2) is 0 Å². The van der Waals surface area contributed by atoms with E-state index < -0.39 is 0 Å². The van der Waals surface area contributed by atoms with Crippen molar-refractivity contribution < 1.29 is 4.79 Å². The van der Waals surface area contributed by atoms with Gasteiger partial charge in [0.05, 0.1) is 5.69 Å². The van der Waals surface area contributed by atoms with Crippen LogP contribution in [0.1, 0.15) is 29.8 Å². The molecule has 0 atom stereocenters. The van der Waals surface area contributed by atoms with E-state index in [1.807, 2.05) is 11.7 Å². The lowest BCUT2D eigenvalue weighted by molar-refractivity contribution is -0.138. The first-order valence-corrected chi connectivity index (χ1v) is 8.77. The molecule has 0 radical (unpaired) electrons. The number of rotatable bonds is 3. The van der Waals surface area contributed by atoms with E-state index in [1.54, 1.807) is 0 Å². The standard InChI is InChI=1S/C17H29N5O/c1-13-16(14(2)20(3)19-13)12-21-8-10-22(11-9-21)17(23)15-4-6-18-7-5-15/h15,18H,4-12H2,1-3H3. The van der Waals surface area contributed by atoms with Gasteiger partial charge < -0.3 is 10.2 Å². The minimum Gasteiger partial charge on any atom is -0.340 e. The Morgan fingerprint density at radius 2 is 1.83 bits per heavy atom. The fourth-order valence-corrected chi connectivity index (χ4v) is 3.72. The van der Waals surface area contributed by atoms with E-state index in [0.717, 1.165) is 64.3 Å². The lowest BCUT2D eigenvalue weighted by Crippen LogP contribution is -2.51.